The molecule has 1 aromatic rings. The zero-order valence-corrected chi connectivity index (χ0v) is 9.30. The first-order valence-electron chi connectivity index (χ1n) is 5.30. The van der Waals surface area contributed by atoms with E-state index in [1.807, 2.05) is 12.4 Å². The molecule has 1 fully saturated rings. The van der Waals surface area contributed by atoms with Crippen LogP contribution in [0, 0.1) is 12.8 Å². The first-order valence-corrected chi connectivity index (χ1v) is 5.74. The average Bonchev–Trinajstić information content (AvgIpc) is 2.97. The second-order valence-electron chi connectivity index (χ2n) is 4.26. The predicted molar refractivity (Wildman–Crippen MR) is 59.7 cm³/mol. The molecule has 1 atom stereocenters. The molecule has 1 aliphatic rings. The number of pyridine rings is 1. The molecule has 1 unspecified atom stereocenters. The summed E-state index contributed by atoms with van der Waals surface area (Å²) in [5.41, 5.74) is 2.55. The average molecular weight is 210 g/mol. The molecule has 1 aromatic heterocycles. The van der Waals surface area contributed by atoms with Crippen LogP contribution in [0.1, 0.15) is 30.4 Å². The Morgan fingerprint density at radius 2 is 2.29 bits per heavy atom. The summed E-state index contributed by atoms with van der Waals surface area (Å²) >= 11 is 6.25. The Balaban J connectivity index is 1.84. The van der Waals surface area contributed by atoms with Gasteiger partial charge in [0.2, 0.25) is 0 Å². The van der Waals surface area contributed by atoms with Crippen molar-refractivity contribution in [2.45, 2.75) is 38.0 Å². The molecule has 1 nitrogen and oxygen atoms in total. The number of halogens is 1. The number of hydrogen-bond donors (Lipinski definition) is 0. The van der Waals surface area contributed by atoms with Crippen molar-refractivity contribution in [3.05, 3.63) is 29.6 Å². The molecular weight excluding hydrogens is 194 g/mol. The molecule has 0 aromatic carbocycles. The number of rotatable bonds is 4. The zero-order chi connectivity index (χ0) is 9.97. The van der Waals surface area contributed by atoms with Gasteiger partial charge in [-0.3, -0.25) is 4.98 Å². The summed E-state index contributed by atoms with van der Waals surface area (Å²) in [4.78, 5) is 4.18. The van der Waals surface area contributed by atoms with Crippen LogP contribution in [-0.2, 0) is 6.42 Å². The second-order valence-corrected chi connectivity index (χ2v) is 4.82. The first kappa shape index (κ1) is 9.97. The molecule has 0 N–H and O–H groups in total. The van der Waals surface area contributed by atoms with E-state index in [2.05, 4.69) is 18.0 Å². The maximum Gasteiger partial charge on any atom is 0.0367 e. The van der Waals surface area contributed by atoms with Crippen molar-refractivity contribution in [1.29, 1.82) is 0 Å². The van der Waals surface area contributed by atoms with E-state index < -0.39 is 0 Å². The third-order valence-corrected chi connectivity index (χ3v) is 3.35. The highest BCUT2D eigenvalue weighted by molar-refractivity contribution is 6.20. The Labute approximate surface area is 90.5 Å². The lowest BCUT2D eigenvalue weighted by Gasteiger charge is -2.07. The summed E-state index contributed by atoms with van der Waals surface area (Å²) in [7, 11) is 0. The molecule has 0 bridgehead atoms. The van der Waals surface area contributed by atoms with Crippen molar-refractivity contribution < 1.29 is 0 Å². The van der Waals surface area contributed by atoms with Crippen molar-refractivity contribution in [3.8, 4) is 0 Å². The van der Waals surface area contributed by atoms with Crippen molar-refractivity contribution >= 4 is 11.6 Å². The molecule has 1 saturated carbocycles. The Bertz CT molecular complexity index is 307. The van der Waals surface area contributed by atoms with Crippen LogP contribution in [0.15, 0.2) is 18.5 Å². The third-order valence-electron chi connectivity index (χ3n) is 2.77. The SMILES string of the molecule is Cc1cncc(CCC(Cl)C2CC2)c1. The Morgan fingerprint density at radius 1 is 1.50 bits per heavy atom. The van der Waals surface area contributed by atoms with E-state index in [1.54, 1.807) is 0 Å². The van der Waals surface area contributed by atoms with Gasteiger partial charge in [-0.2, -0.15) is 0 Å². The van der Waals surface area contributed by atoms with Gasteiger partial charge >= 0.3 is 0 Å². The molecule has 1 aliphatic carbocycles. The normalized spacial score (nSPS) is 18.1. The number of aryl methyl sites for hydroxylation is 2. The monoisotopic (exact) mass is 209 g/mol. The quantitative estimate of drug-likeness (QED) is 0.694. The van der Waals surface area contributed by atoms with E-state index in [9.17, 15) is 0 Å². The van der Waals surface area contributed by atoms with Gasteiger partial charge in [0, 0.05) is 17.8 Å². The van der Waals surface area contributed by atoms with E-state index in [4.69, 9.17) is 11.6 Å². The van der Waals surface area contributed by atoms with Crippen LogP contribution in [0.25, 0.3) is 0 Å². The molecule has 0 aliphatic heterocycles. The number of nitrogens with zero attached hydrogens (tertiary/aromatic N) is 1. The third kappa shape index (κ3) is 2.71. The van der Waals surface area contributed by atoms with E-state index in [0.717, 1.165) is 18.8 Å². The summed E-state index contributed by atoms with van der Waals surface area (Å²) in [6.45, 7) is 2.08. The highest BCUT2D eigenvalue weighted by atomic mass is 35.5. The summed E-state index contributed by atoms with van der Waals surface area (Å²) in [5.74, 6) is 0.800. The van der Waals surface area contributed by atoms with Gasteiger partial charge < -0.3 is 0 Å². The Hall–Kier alpha value is -0.560. The summed E-state index contributed by atoms with van der Waals surface area (Å²) < 4.78 is 0. The molecule has 2 rings (SSSR count). The van der Waals surface area contributed by atoms with Crippen molar-refractivity contribution in [1.82, 2.24) is 4.98 Å². The van der Waals surface area contributed by atoms with E-state index in [-0.39, 0.29) is 0 Å². The van der Waals surface area contributed by atoms with Crippen LogP contribution in [-0.4, -0.2) is 10.4 Å². The predicted octanol–water partition coefficient (Wildman–Crippen LogP) is 3.34. The van der Waals surface area contributed by atoms with E-state index >= 15 is 0 Å². The Kier molecular flexibility index (Phi) is 3.07. The maximum absolute atomic E-state index is 6.25. The smallest absolute Gasteiger partial charge is 0.0367 e. The van der Waals surface area contributed by atoms with Gasteiger partial charge in [0.15, 0.2) is 0 Å². The van der Waals surface area contributed by atoms with Crippen LogP contribution in [0.5, 0.6) is 0 Å². The summed E-state index contributed by atoms with van der Waals surface area (Å²) in [6.07, 6.45) is 8.67. The highest BCUT2D eigenvalue weighted by Crippen LogP contribution is 2.37. The number of alkyl halides is 1. The summed E-state index contributed by atoms with van der Waals surface area (Å²) in [6, 6.07) is 2.20. The van der Waals surface area contributed by atoms with E-state index in [1.165, 1.54) is 24.0 Å². The van der Waals surface area contributed by atoms with Crippen LogP contribution in [0.2, 0.25) is 0 Å². The van der Waals surface area contributed by atoms with E-state index in [0.29, 0.717) is 5.38 Å². The minimum atomic E-state index is 0.385. The second kappa shape index (κ2) is 4.31. The van der Waals surface area contributed by atoms with Crippen LogP contribution < -0.4 is 0 Å². The molecular formula is C12H16ClN. The fourth-order valence-electron chi connectivity index (χ4n) is 1.75. The van der Waals surface area contributed by atoms with Gasteiger partial charge in [0.05, 0.1) is 0 Å². The van der Waals surface area contributed by atoms with Gasteiger partial charge in [0.25, 0.3) is 0 Å². The first-order chi connectivity index (χ1) is 6.75. The van der Waals surface area contributed by atoms with Crippen LogP contribution in [0.3, 0.4) is 0 Å². The minimum Gasteiger partial charge on any atom is -0.264 e. The topological polar surface area (TPSA) is 12.9 Å². The van der Waals surface area contributed by atoms with Gasteiger partial charge in [-0.1, -0.05) is 6.07 Å². The molecule has 0 saturated heterocycles. The van der Waals surface area contributed by atoms with Crippen LogP contribution >= 0.6 is 11.6 Å². The lowest BCUT2D eigenvalue weighted by Crippen LogP contribution is -2.03. The number of aromatic nitrogens is 1. The highest BCUT2D eigenvalue weighted by Gasteiger charge is 2.29. The molecule has 2 heteroatoms. The fraction of sp³-hybridized carbons (Fsp3) is 0.583. The van der Waals surface area contributed by atoms with Gasteiger partial charge in [-0.05, 0) is 49.7 Å². The maximum atomic E-state index is 6.25. The summed E-state index contributed by atoms with van der Waals surface area (Å²) in [5, 5.41) is 0.385. The molecule has 76 valence electrons. The fourth-order valence-corrected chi connectivity index (χ4v) is 2.11. The standard InChI is InChI=1S/C12H16ClN/c1-9-6-10(8-14-7-9)2-5-12(13)11-3-4-11/h6-8,11-12H,2-5H2,1H3. The van der Waals surface area contributed by atoms with Gasteiger partial charge in [-0.15, -0.1) is 11.6 Å². The van der Waals surface area contributed by atoms with Crippen molar-refractivity contribution in [2.24, 2.45) is 5.92 Å². The van der Waals surface area contributed by atoms with Crippen molar-refractivity contribution in [2.75, 3.05) is 0 Å². The largest absolute Gasteiger partial charge is 0.264 e. The van der Waals surface area contributed by atoms with Gasteiger partial charge in [0.1, 0.15) is 0 Å². The van der Waals surface area contributed by atoms with Gasteiger partial charge in [-0.25, -0.2) is 0 Å². The lowest BCUT2D eigenvalue weighted by molar-refractivity contribution is 0.675. The number of hydrogen-bond acceptors (Lipinski definition) is 1. The zero-order valence-electron chi connectivity index (χ0n) is 8.54. The molecule has 0 radical (unpaired) electrons. The molecule has 14 heavy (non-hydrogen) atoms. The molecule has 1 heterocycles. The molecule has 0 spiro atoms. The van der Waals surface area contributed by atoms with Crippen molar-refractivity contribution in [3.63, 3.8) is 0 Å². The Morgan fingerprint density at radius 3 is 2.93 bits per heavy atom. The molecule has 0 amide bonds. The lowest BCUT2D eigenvalue weighted by atomic mass is 10.1. The minimum absolute atomic E-state index is 0.385. The van der Waals surface area contributed by atoms with Crippen LogP contribution in [0.4, 0.5) is 0 Å².